The quantitative estimate of drug-likeness (QED) is 0.0471. The maximum atomic E-state index is 15.3. The number of para-hydroxylation sites is 2. The van der Waals surface area contributed by atoms with Gasteiger partial charge in [0.15, 0.2) is 0 Å². The van der Waals surface area contributed by atoms with E-state index in [1.54, 1.807) is 79.0 Å². The van der Waals surface area contributed by atoms with Crippen LogP contribution in [0.2, 0.25) is 0 Å². The molecule has 3 aliphatic rings. The van der Waals surface area contributed by atoms with Gasteiger partial charge in [-0.05, 0) is 118 Å². The number of nitrogens with zero attached hydrogens (tertiary/aromatic N) is 2. The Balaban J connectivity index is 1.11. The van der Waals surface area contributed by atoms with Gasteiger partial charge in [-0.1, -0.05) is 97.1 Å². The minimum Gasteiger partial charge on any atom is -0.370 e. The predicted molar refractivity (Wildman–Crippen MR) is 363 cm³/mol. The number of carbonyl (C=O) groups excluding carboxylic acids is 12. The Morgan fingerprint density at radius 2 is 0.806 bits per heavy atom. The highest BCUT2D eigenvalue weighted by Gasteiger charge is 2.43. The number of nitrogens with two attached hydrogens (primary N) is 4. The molecule has 0 unspecified atom stereocenters. The number of hydrogen-bond donors (Lipinski definition) is 14. The molecule has 0 spiro atoms. The molecule has 0 aliphatic carbocycles. The first-order valence-corrected chi connectivity index (χ1v) is 33.5. The van der Waals surface area contributed by atoms with Crippen molar-refractivity contribution >= 4 is 92.7 Å². The summed E-state index contributed by atoms with van der Waals surface area (Å²) in [5.74, 6) is -9.78. The number of nitrogens with one attached hydrogen (secondary N) is 10. The van der Waals surface area contributed by atoms with Gasteiger partial charge in [0.1, 0.15) is 60.4 Å². The van der Waals surface area contributed by atoms with Crippen molar-refractivity contribution in [1.82, 2.24) is 62.3 Å². The van der Waals surface area contributed by atoms with E-state index in [2.05, 4.69) is 52.5 Å². The Hall–Kier alpha value is -10.5. The lowest BCUT2D eigenvalue weighted by molar-refractivity contribution is -0.143. The zero-order chi connectivity index (χ0) is 69.8. The average molecular weight is 1350 g/mol. The molecule has 3 saturated heterocycles. The molecule has 98 heavy (non-hydrogen) atoms. The van der Waals surface area contributed by atoms with Crippen molar-refractivity contribution in [1.29, 1.82) is 0 Å². The van der Waals surface area contributed by atoms with Crippen molar-refractivity contribution in [3.8, 4) is 0 Å². The zero-order valence-electron chi connectivity index (χ0n) is 54.6. The topological polar surface area (TPSA) is 443 Å². The molecule has 2 aromatic heterocycles. The standard InChI is InChI=1S/C70H88N16O12/c71-31-11-23-49-61(89)81-53(38-44-40-75-48-22-10-8-20-46(44)48)65(93)83-55(35-41-15-3-1-4-16-41)69(97)85-33-13-25-57(85)67(95)80-52(28-30-60(74)88)64(92)78-50(24-12-32-72)62(90)82-54(39-45-37-43-19-7-9-21-47(43)76-45)66(94)84-56(36-42-17-5-2-6-18-42)70(98)86-34-14-26-58(86)68(96)79-51(63(91)77-49)27-29-59(73)87/h1-10,15-22,37,40,49-58,75-76H,11-14,23-36,38-39,71-72H2,(H2,73,87)(H2,74,88)(H,77,91)(H,78,92)(H,79,96)(H,80,95)(H,81,89)(H,82,90)(H,83,93)(H,84,94)/t49-,50-,51-,52-,53-,54-,55+,56+,57-,58-/m0/s1. The molecule has 28 heteroatoms. The number of H-pyrrole nitrogens is 2. The molecule has 3 aliphatic heterocycles. The summed E-state index contributed by atoms with van der Waals surface area (Å²) in [7, 11) is 0. The van der Waals surface area contributed by atoms with Gasteiger partial charge in [0.25, 0.3) is 0 Å². The Morgan fingerprint density at radius 3 is 1.27 bits per heavy atom. The van der Waals surface area contributed by atoms with Crippen LogP contribution in [0.4, 0.5) is 0 Å². The van der Waals surface area contributed by atoms with Gasteiger partial charge in [-0.15, -0.1) is 0 Å². The van der Waals surface area contributed by atoms with Gasteiger partial charge in [0.2, 0.25) is 70.9 Å². The predicted octanol–water partition coefficient (Wildman–Crippen LogP) is -0.197. The van der Waals surface area contributed by atoms with Crippen molar-refractivity contribution in [2.24, 2.45) is 22.9 Å². The number of hydrogen-bond acceptors (Lipinski definition) is 14. The molecule has 12 amide bonds. The molecular formula is C70H88N16O12. The van der Waals surface area contributed by atoms with Crippen LogP contribution in [0.3, 0.4) is 0 Å². The molecule has 0 saturated carbocycles. The molecule has 5 heterocycles. The van der Waals surface area contributed by atoms with Gasteiger partial charge in [-0.3, -0.25) is 57.5 Å². The van der Waals surface area contributed by atoms with E-state index in [0.717, 1.165) is 16.4 Å². The highest BCUT2D eigenvalue weighted by molar-refractivity contribution is 6.01. The van der Waals surface area contributed by atoms with E-state index in [4.69, 9.17) is 22.9 Å². The summed E-state index contributed by atoms with van der Waals surface area (Å²) >= 11 is 0. The monoisotopic (exact) mass is 1340 g/mol. The van der Waals surface area contributed by atoms with E-state index < -0.39 is 144 Å². The summed E-state index contributed by atoms with van der Waals surface area (Å²) in [6, 6.07) is 19.8. The number of benzene rings is 4. The number of rotatable bonds is 20. The van der Waals surface area contributed by atoms with Gasteiger partial charge in [-0.2, -0.15) is 0 Å². The second-order valence-corrected chi connectivity index (χ2v) is 25.3. The fourth-order valence-corrected chi connectivity index (χ4v) is 13.0. The minimum atomic E-state index is -1.53. The fraction of sp³-hybridized carbons (Fsp3) is 0.429. The largest absolute Gasteiger partial charge is 0.370 e. The zero-order valence-corrected chi connectivity index (χ0v) is 54.6. The number of aromatic nitrogens is 2. The lowest BCUT2D eigenvalue weighted by Gasteiger charge is -2.32. The molecular weight excluding hydrogens is 1260 g/mol. The third-order valence-corrected chi connectivity index (χ3v) is 18.1. The molecule has 0 radical (unpaired) electrons. The first kappa shape index (κ1) is 71.8. The molecule has 10 atom stereocenters. The number of fused-ring (bicyclic) bond motifs is 4. The van der Waals surface area contributed by atoms with Crippen molar-refractivity contribution in [2.45, 2.75) is 163 Å². The van der Waals surface area contributed by atoms with Gasteiger partial charge in [-0.25, -0.2) is 0 Å². The van der Waals surface area contributed by atoms with Crippen molar-refractivity contribution in [3.05, 3.63) is 144 Å². The summed E-state index contributed by atoms with van der Waals surface area (Å²) < 4.78 is 0. The Kier molecular flexibility index (Phi) is 25.2. The minimum absolute atomic E-state index is 0.0313. The van der Waals surface area contributed by atoms with Gasteiger partial charge >= 0.3 is 0 Å². The normalized spacial score (nSPS) is 23.9. The van der Waals surface area contributed by atoms with E-state index >= 15 is 19.2 Å². The number of carbonyl (C=O) groups is 12. The van der Waals surface area contributed by atoms with E-state index in [1.807, 2.05) is 42.5 Å². The Morgan fingerprint density at radius 1 is 0.418 bits per heavy atom. The van der Waals surface area contributed by atoms with Crippen molar-refractivity contribution < 1.29 is 57.5 Å². The van der Waals surface area contributed by atoms with Crippen LogP contribution in [-0.2, 0) is 83.2 Å². The van der Waals surface area contributed by atoms with Crippen LogP contribution < -0.4 is 65.5 Å². The first-order chi connectivity index (χ1) is 47.3. The van der Waals surface area contributed by atoms with E-state index in [9.17, 15) is 38.4 Å². The van der Waals surface area contributed by atoms with E-state index in [-0.39, 0.29) is 103 Å². The number of primary amides is 2. The summed E-state index contributed by atoms with van der Waals surface area (Å²) in [5.41, 5.74) is 27.0. The Labute approximate surface area is 566 Å². The summed E-state index contributed by atoms with van der Waals surface area (Å²) in [5, 5.41) is 23.8. The van der Waals surface area contributed by atoms with Crippen LogP contribution in [-0.4, -0.2) is 177 Å². The maximum Gasteiger partial charge on any atom is 0.246 e. The molecule has 4 aromatic carbocycles. The molecule has 3 fully saturated rings. The van der Waals surface area contributed by atoms with E-state index in [0.29, 0.717) is 40.6 Å². The van der Waals surface area contributed by atoms with Crippen LogP contribution in [0, 0.1) is 0 Å². The fourth-order valence-electron chi connectivity index (χ4n) is 13.0. The summed E-state index contributed by atoms with van der Waals surface area (Å²) in [4.78, 5) is 184. The maximum absolute atomic E-state index is 15.3. The summed E-state index contributed by atoms with van der Waals surface area (Å²) in [6.45, 7) is 0.188. The van der Waals surface area contributed by atoms with E-state index in [1.165, 1.54) is 9.80 Å². The number of amides is 12. The molecule has 520 valence electrons. The van der Waals surface area contributed by atoms with Gasteiger partial charge in [0, 0.05) is 79.9 Å². The third kappa shape index (κ3) is 19.2. The van der Waals surface area contributed by atoms with Crippen LogP contribution >= 0.6 is 0 Å². The molecule has 0 bridgehead atoms. The summed E-state index contributed by atoms with van der Waals surface area (Å²) in [6.07, 6.45) is 0.690. The Bertz CT molecular complexity index is 3810. The van der Waals surface area contributed by atoms with Gasteiger partial charge in [0.05, 0.1) is 0 Å². The smallest absolute Gasteiger partial charge is 0.246 e. The van der Waals surface area contributed by atoms with Crippen LogP contribution in [0.1, 0.15) is 99.4 Å². The average Bonchev–Trinajstić information content (AvgIpc) is 1.51. The highest BCUT2D eigenvalue weighted by atomic mass is 16.2. The molecule has 18 N–H and O–H groups in total. The van der Waals surface area contributed by atoms with Crippen LogP contribution in [0.5, 0.6) is 0 Å². The second kappa shape index (κ2) is 34.5. The van der Waals surface area contributed by atoms with Gasteiger partial charge < -0.3 is 85.2 Å². The lowest BCUT2D eigenvalue weighted by atomic mass is 10.0. The highest BCUT2D eigenvalue weighted by Crippen LogP contribution is 2.25. The first-order valence-electron chi connectivity index (χ1n) is 33.5. The SMILES string of the molecule is NCCC[C@@H]1NC(=O)[C@H](CCC(N)=O)NC(=O)[C@@H]2CCCN2C(=O)[C@@H](Cc2ccccc2)NC(=O)[C@H](Cc2c[nH]c3ccccc23)NC(=O)[C@H](CCCN)NC(=O)[C@H](CCC(N)=O)NC(=O)[C@@H]2CCCN2C(=O)[C@@H](Cc2ccccc2)NC(=O)[C@H](Cc2cc3ccccc3[nH]2)NC1=O. The van der Waals surface area contributed by atoms with Crippen molar-refractivity contribution in [2.75, 3.05) is 26.2 Å². The third-order valence-electron chi connectivity index (χ3n) is 18.1. The number of aromatic amines is 2. The second-order valence-electron chi connectivity index (χ2n) is 25.3. The molecule has 9 rings (SSSR count). The van der Waals surface area contributed by atoms with Crippen molar-refractivity contribution in [3.63, 3.8) is 0 Å². The lowest BCUT2D eigenvalue weighted by Crippen LogP contribution is -2.62. The van der Waals surface area contributed by atoms with Crippen LogP contribution in [0.25, 0.3) is 21.8 Å². The molecule has 28 nitrogen and oxygen atoms in total. The molecule has 6 aromatic rings. The van der Waals surface area contributed by atoms with Crippen LogP contribution in [0.15, 0.2) is 121 Å².